The van der Waals surface area contributed by atoms with Crippen molar-refractivity contribution in [2.24, 2.45) is 10.2 Å². The molecule has 0 aliphatic carbocycles. The summed E-state index contributed by atoms with van der Waals surface area (Å²) in [7, 11) is -3.78. The number of hydrogen-bond acceptors (Lipinski definition) is 7. The number of carbonyl (C=O) groups is 1. The van der Waals surface area contributed by atoms with E-state index in [1.807, 2.05) is 0 Å². The van der Waals surface area contributed by atoms with Gasteiger partial charge in [0.05, 0.1) is 16.8 Å². The minimum Gasteiger partial charge on any atom is -0.461 e. The zero-order chi connectivity index (χ0) is 16.2. The summed E-state index contributed by atoms with van der Waals surface area (Å²) in [5.41, 5.74) is 2.47. The molecule has 1 aromatic carbocycles. The van der Waals surface area contributed by atoms with Crippen molar-refractivity contribution in [3.8, 4) is 6.07 Å². The lowest BCUT2D eigenvalue weighted by Gasteiger charge is -2.02. The molecule has 0 atom stereocenters. The summed E-state index contributed by atoms with van der Waals surface area (Å²) in [5.74, 6) is -0.673. The Kier molecular flexibility index (Phi) is 4.36. The van der Waals surface area contributed by atoms with Gasteiger partial charge in [0.2, 0.25) is 15.7 Å². The summed E-state index contributed by atoms with van der Waals surface area (Å²) in [5, 5.41) is 17.6. The number of primary sulfonamides is 1. The lowest BCUT2D eigenvalue weighted by Crippen LogP contribution is -2.13. The second kappa shape index (κ2) is 6.21. The molecule has 2 aromatic rings. The minimum absolute atomic E-state index is 0.00771. The van der Waals surface area contributed by atoms with Gasteiger partial charge in [-0.2, -0.15) is 10.4 Å². The van der Waals surface area contributed by atoms with Gasteiger partial charge >= 0.3 is 0 Å². The van der Waals surface area contributed by atoms with Gasteiger partial charge in [-0.3, -0.25) is 10.2 Å². The number of nitrogens with zero attached hydrogens (tertiary/aromatic N) is 2. The molecule has 0 amide bonds. The molecule has 8 nitrogen and oxygen atoms in total. The van der Waals surface area contributed by atoms with Gasteiger partial charge in [0, 0.05) is 0 Å². The normalized spacial score (nSPS) is 11.7. The van der Waals surface area contributed by atoms with E-state index in [-0.39, 0.29) is 10.7 Å². The molecule has 0 saturated carbocycles. The first-order valence-corrected chi connectivity index (χ1v) is 7.41. The van der Waals surface area contributed by atoms with Gasteiger partial charge in [-0.25, -0.2) is 13.6 Å². The van der Waals surface area contributed by atoms with Crippen LogP contribution in [0.15, 0.2) is 57.1 Å². The van der Waals surface area contributed by atoms with Crippen molar-refractivity contribution in [3.05, 3.63) is 48.4 Å². The highest BCUT2D eigenvalue weighted by atomic mass is 32.2. The number of hydrogen-bond donors (Lipinski definition) is 2. The van der Waals surface area contributed by atoms with Gasteiger partial charge < -0.3 is 4.42 Å². The van der Waals surface area contributed by atoms with E-state index in [4.69, 9.17) is 14.8 Å². The van der Waals surface area contributed by atoms with Gasteiger partial charge in [0.1, 0.15) is 6.07 Å². The topological polar surface area (TPSA) is 139 Å². The van der Waals surface area contributed by atoms with Crippen molar-refractivity contribution in [1.82, 2.24) is 0 Å². The number of rotatable bonds is 5. The molecule has 0 bridgehead atoms. The fraction of sp³-hybridized carbons (Fsp3) is 0. The standard InChI is InChI=1S/C13H10N4O4S/c14-8-11(13(18)12-2-1-7-21-12)17-16-9-3-5-10(6-4-9)22(15,19)20/h1-7,16H,(H2,15,19,20)/b17-11+. The van der Waals surface area contributed by atoms with Gasteiger partial charge in [-0.05, 0) is 36.4 Å². The molecule has 0 saturated heterocycles. The molecule has 0 aliphatic rings. The Bertz CT molecular complexity index is 846. The fourth-order valence-corrected chi connectivity index (χ4v) is 2.01. The molecule has 22 heavy (non-hydrogen) atoms. The van der Waals surface area contributed by atoms with Crippen LogP contribution >= 0.6 is 0 Å². The molecule has 112 valence electrons. The number of nitrogens with one attached hydrogen (secondary N) is 1. The number of hydrazone groups is 1. The van der Waals surface area contributed by atoms with Crippen molar-refractivity contribution in [2.45, 2.75) is 4.90 Å². The van der Waals surface area contributed by atoms with Crippen LogP contribution in [0.2, 0.25) is 0 Å². The van der Waals surface area contributed by atoms with Crippen molar-refractivity contribution >= 4 is 27.2 Å². The third kappa shape index (κ3) is 3.57. The van der Waals surface area contributed by atoms with Gasteiger partial charge in [-0.1, -0.05) is 0 Å². The van der Waals surface area contributed by atoms with Crippen molar-refractivity contribution in [3.63, 3.8) is 0 Å². The monoisotopic (exact) mass is 318 g/mol. The summed E-state index contributed by atoms with van der Waals surface area (Å²) >= 11 is 0. The van der Waals surface area contributed by atoms with Crippen molar-refractivity contribution in [1.29, 1.82) is 5.26 Å². The number of furan rings is 1. The number of anilines is 1. The molecule has 3 N–H and O–H groups in total. The van der Waals surface area contributed by atoms with Crippen LogP contribution in [0.25, 0.3) is 0 Å². The van der Waals surface area contributed by atoms with E-state index in [1.54, 1.807) is 6.07 Å². The molecule has 9 heteroatoms. The number of sulfonamides is 1. The number of benzene rings is 1. The van der Waals surface area contributed by atoms with Crippen molar-refractivity contribution in [2.75, 3.05) is 5.43 Å². The Morgan fingerprint density at radius 3 is 2.45 bits per heavy atom. The Balaban J connectivity index is 2.16. The molecule has 2 rings (SSSR count). The zero-order valence-corrected chi connectivity index (χ0v) is 11.9. The predicted molar refractivity (Wildman–Crippen MR) is 77.5 cm³/mol. The Morgan fingerprint density at radius 1 is 1.27 bits per heavy atom. The Morgan fingerprint density at radius 2 is 1.95 bits per heavy atom. The van der Waals surface area contributed by atoms with Crippen LogP contribution in [0.5, 0.6) is 0 Å². The van der Waals surface area contributed by atoms with Gasteiger partial charge in [0.25, 0.3) is 5.78 Å². The zero-order valence-electron chi connectivity index (χ0n) is 11.1. The maximum atomic E-state index is 11.9. The molecule has 1 heterocycles. The van der Waals surface area contributed by atoms with Crippen LogP contribution in [-0.2, 0) is 10.0 Å². The molecule has 0 radical (unpaired) electrons. The van der Waals surface area contributed by atoms with Crippen LogP contribution in [0.1, 0.15) is 10.6 Å². The summed E-state index contributed by atoms with van der Waals surface area (Å²) in [6.07, 6.45) is 1.31. The second-order valence-corrected chi connectivity index (χ2v) is 5.62. The highest BCUT2D eigenvalue weighted by Gasteiger charge is 2.16. The van der Waals surface area contributed by atoms with E-state index in [0.29, 0.717) is 5.69 Å². The van der Waals surface area contributed by atoms with Gasteiger partial charge in [0.15, 0.2) is 5.76 Å². The lowest BCUT2D eigenvalue weighted by molar-refractivity contribution is 0.104. The van der Waals surface area contributed by atoms with Crippen LogP contribution < -0.4 is 10.6 Å². The third-order valence-corrected chi connectivity index (χ3v) is 3.47. The van der Waals surface area contributed by atoms with E-state index in [9.17, 15) is 13.2 Å². The van der Waals surface area contributed by atoms with E-state index < -0.39 is 21.5 Å². The Labute approximate surface area is 125 Å². The first kappa shape index (κ1) is 15.4. The number of ketones is 1. The third-order valence-electron chi connectivity index (χ3n) is 2.55. The smallest absolute Gasteiger partial charge is 0.259 e. The van der Waals surface area contributed by atoms with Crippen molar-refractivity contribution < 1.29 is 17.6 Å². The maximum Gasteiger partial charge on any atom is 0.259 e. The quantitative estimate of drug-likeness (QED) is 0.481. The molecular weight excluding hydrogens is 308 g/mol. The molecule has 1 aromatic heterocycles. The van der Waals surface area contributed by atoms with Crippen LogP contribution in [0.4, 0.5) is 5.69 Å². The Hall–Kier alpha value is -2.96. The summed E-state index contributed by atoms with van der Waals surface area (Å²) in [6.45, 7) is 0. The second-order valence-electron chi connectivity index (χ2n) is 4.06. The van der Waals surface area contributed by atoms with E-state index >= 15 is 0 Å². The van der Waals surface area contributed by atoms with E-state index in [1.165, 1.54) is 42.7 Å². The summed E-state index contributed by atoms with van der Waals surface area (Å²) < 4.78 is 27.1. The fourth-order valence-electron chi connectivity index (χ4n) is 1.49. The number of Topliss-reactive ketones (excluding diaryl/α,β-unsaturated/α-hetero) is 1. The minimum atomic E-state index is -3.78. The largest absolute Gasteiger partial charge is 0.461 e. The van der Waals surface area contributed by atoms with E-state index in [2.05, 4.69) is 10.5 Å². The highest BCUT2D eigenvalue weighted by molar-refractivity contribution is 7.89. The first-order valence-electron chi connectivity index (χ1n) is 5.86. The number of nitriles is 1. The maximum absolute atomic E-state index is 11.9. The molecule has 0 unspecified atom stereocenters. The highest BCUT2D eigenvalue weighted by Crippen LogP contribution is 2.13. The van der Waals surface area contributed by atoms with Crippen LogP contribution in [0, 0.1) is 11.3 Å². The SMILES string of the molecule is N#C/C(=N\Nc1ccc(S(N)(=O)=O)cc1)C(=O)c1ccco1. The summed E-state index contributed by atoms with van der Waals surface area (Å²) in [6, 6.07) is 9.93. The van der Waals surface area contributed by atoms with E-state index in [0.717, 1.165) is 0 Å². The van der Waals surface area contributed by atoms with Gasteiger partial charge in [-0.15, -0.1) is 0 Å². The van der Waals surface area contributed by atoms with Crippen LogP contribution in [-0.4, -0.2) is 19.9 Å². The average molecular weight is 318 g/mol. The molecular formula is C13H10N4O4S. The average Bonchev–Trinajstić information content (AvgIpc) is 3.01. The number of nitrogens with two attached hydrogens (primary N) is 1. The van der Waals surface area contributed by atoms with Crippen LogP contribution in [0.3, 0.4) is 0 Å². The predicted octanol–water partition coefficient (Wildman–Crippen LogP) is 1.10. The first-order chi connectivity index (χ1) is 10.4. The molecule has 0 fully saturated rings. The lowest BCUT2D eigenvalue weighted by atomic mass is 10.2. The number of carbonyl (C=O) groups excluding carboxylic acids is 1. The molecule has 0 spiro atoms. The molecule has 0 aliphatic heterocycles. The summed E-state index contributed by atoms with van der Waals surface area (Å²) in [4.78, 5) is 11.8.